The largest absolute Gasteiger partial charge is 0.300 e. The molecule has 3 fully saturated rings. The standard InChI is InChI=1S/C13H21N3/c14-11-13(16-7-1-2-8-16)5-9-15-6-3-4-12(15)10-13/h12H,1-10H2. The van der Waals surface area contributed by atoms with Crippen LogP contribution in [0, 0.1) is 11.3 Å². The van der Waals surface area contributed by atoms with Gasteiger partial charge >= 0.3 is 0 Å². The van der Waals surface area contributed by atoms with Crippen molar-refractivity contribution in [1.29, 1.82) is 5.26 Å². The molecule has 2 atom stereocenters. The lowest BCUT2D eigenvalue weighted by Crippen LogP contribution is -2.55. The molecule has 3 nitrogen and oxygen atoms in total. The summed E-state index contributed by atoms with van der Waals surface area (Å²) in [4.78, 5) is 5.08. The zero-order valence-corrected chi connectivity index (χ0v) is 9.99. The van der Waals surface area contributed by atoms with Crippen molar-refractivity contribution in [1.82, 2.24) is 9.80 Å². The molecule has 0 aromatic carbocycles. The van der Waals surface area contributed by atoms with Gasteiger partial charge in [0.1, 0.15) is 5.54 Å². The Morgan fingerprint density at radius 2 is 1.88 bits per heavy atom. The topological polar surface area (TPSA) is 30.3 Å². The van der Waals surface area contributed by atoms with Gasteiger partial charge in [-0.15, -0.1) is 0 Å². The normalized spacial score (nSPS) is 40.8. The summed E-state index contributed by atoms with van der Waals surface area (Å²) in [6.45, 7) is 4.72. The lowest BCUT2D eigenvalue weighted by molar-refractivity contribution is 0.0581. The minimum absolute atomic E-state index is 0.109. The van der Waals surface area contributed by atoms with E-state index in [2.05, 4.69) is 15.9 Å². The number of hydrogen-bond acceptors (Lipinski definition) is 3. The molecule has 88 valence electrons. The minimum atomic E-state index is -0.109. The van der Waals surface area contributed by atoms with Gasteiger partial charge in [-0.3, -0.25) is 4.90 Å². The number of piperidine rings is 1. The van der Waals surface area contributed by atoms with E-state index in [1.165, 1.54) is 32.2 Å². The van der Waals surface area contributed by atoms with E-state index in [-0.39, 0.29) is 5.54 Å². The van der Waals surface area contributed by atoms with Crippen LogP contribution in [0.5, 0.6) is 0 Å². The number of hydrogen-bond donors (Lipinski definition) is 0. The Labute approximate surface area is 98.0 Å². The average molecular weight is 219 g/mol. The second-order valence-electron chi connectivity index (χ2n) is 5.62. The van der Waals surface area contributed by atoms with Crippen LogP contribution >= 0.6 is 0 Å². The summed E-state index contributed by atoms with van der Waals surface area (Å²) in [6.07, 6.45) is 7.41. The molecule has 0 aliphatic carbocycles. The lowest BCUT2D eigenvalue weighted by Gasteiger charge is -2.45. The molecule has 3 aliphatic heterocycles. The summed E-state index contributed by atoms with van der Waals surface area (Å²) in [5, 5.41) is 9.61. The van der Waals surface area contributed by atoms with Gasteiger partial charge in [-0.2, -0.15) is 5.26 Å². The molecule has 0 bridgehead atoms. The number of rotatable bonds is 1. The first kappa shape index (κ1) is 10.6. The van der Waals surface area contributed by atoms with Crippen molar-refractivity contribution < 1.29 is 0 Å². The van der Waals surface area contributed by atoms with Crippen molar-refractivity contribution in [3.05, 3.63) is 0 Å². The van der Waals surface area contributed by atoms with E-state index in [1.54, 1.807) is 0 Å². The Balaban J connectivity index is 1.78. The summed E-state index contributed by atoms with van der Waals surface area (Å²) in [5.74, 6) is 0. The van der Waals surface area contributed by atoms with E-state index in [0.717, 1.165) is 32.5 Å². The predicted molar refractivity (Wildman–Crippen MR) is 63.0 cm³/mol. The van der Waals surface area contributed by atoms with Gasteiger partial charge < -0.3 is 4.90 Å². The van der Waals surface area contributed by atoms with E-state index >= 15 is 0 Å². The molecule has 0 saturated carbocycles. The molecular weight excluding hydrogens is 198 g/mol. The Hall–Kier alpha value is -0.590. The van der Waals surface area contributed by atoms with Gasteiger partial charge in [0.05, 0.1) is 6.07 Å². The number of nitrogens with zero attached hydrogens (tertiary/aromatic N) is 3. The zero-order chi connectivity index (χ0) is 11.0. The third-order valence-electron chi connectivity index (χ3n) is 4.80. The smallest absolute Gasteiger partial charge is 0.111 e. The fourth-order valence-electron chi connectivity index (χ4n) is 3.85. The van der Waals surface area contributed by atoms with Crippen LogP contribution in [0.3, 0.4) is 0 Å². The molecule has 0 amide bonds. The third-order valence-corrected chi connectivity index (χ3v) is 4.80. The van der Waals surface area contributed by atoms with Crippen LogP contribution in [0.25, 0.3) is 0 Å². The van der Waals surface area contributed by atoms with E-state index in [4.69, 9.17) is 0 Å². The van der Waals surface area contributed by atoms with E-state index < -0.39 is 0 Å². The van der Waals surface area contributed by atoms with Gasteiger partial charge in [0.2, 0.25) is 0 Å². The van der Waals surface area contributed by atoms with Gasteiger partial charge in [-0.25, -0.2) is 0 Å². The van der Waals surface area contributed by atoms with Crippen LogP contribution < -0.4 is 0 Å². The highest BCUT2D eigenvalue weighted by Gasteiger charge is 2.45. The van der Waals surface area contributed by atoms with Gasteiger partial charge in [0.25, 0.3) is 0 Å². The summed E-state index contributed by atoms with van der Waals surface area (Å²) in [7, 11) is 0. The third kappa shape index (κ3) is 1.56. The monoisotopic (exact) mass is 219 g/mol. The minimum Gasteiger partial charge on any atom is -0.300 e. The molecule has 0 aromatic heterocycles. The Morgan fingerprint density at radius 3 is 2.62 bits per heavy atom. The summed E-state index contributed by atoms with van der Waals surface area (Å²) in [6, 6.07) is 3.37. The predicted octanol–water partition coefficient (Wildman–Crippen LogP) is 1.60. The van der Waals surface area contributed by atoms with Crippen LogP contribution in [-0.4, -0.2) is 47.6 Å². The van der Waals surface area contributed by atoms with Crippen molar-refractivity contribution in [3.8, 4) is 6.07 Å². The fourth-order valence-corrected chi connectivity index (χ4v) is 3.85. The molecule has 0 radical (unpaired) electrons. The summed E-state index contributed by atoms with van der Waals surface area (Å²) in [5.41, 5.74) is -0.109. The molecule has 3 heterocycles. The van der Waals surface area contributed by atoms with Gasteiger partial charge in [0.15, 0.2) is 0 Å². The van der Waals surface area contributed by atoms with Crippen LogP contribution in [0.2, 0.25) is 0 Å². The van der Waals surface area contributed by atoms with Crippen molar-refractivity contribution in [2.24, 2.45) is 0 Å². The van der Waals surface area contributed by atoms with Gasteiger partial charge in [0, 0.05) is 12.6 Å². The maximum absolute atomic E-state index is 9.61. The van der Waals surface area contributed by atoms with Gasteiger partial charge in [-0.05, 0) is 58.2 Å². The maximum atomic E-state index is 9.61. The first-order valence-electron chi connectivity index (χ1n) is 6.74. The molecule has 0 spiro atoms. The highest BCUT2D eigenvalue weighted by molar-refractivity contribution is 5.14. The average Bonchev–Trinajstić information content (AvgIpc) is 2.99. The SMILES string of the molecule is N#CC1(N2CCCC2)CCN2CCCC2C1. The molecule has 3 saturated heterocycles. The van der Waals surface area contributed by atoms with Crippen molar-refractivity contribution in [2.45, 2.75) is 50.1 Å². The number of nitriles is 1. The molecule has 2 unspecified atom stereocenters. The highest BCUT2D eigenvalue weighted by Crippen LogP contribution is 2.37. The van der Waals surface area contributed by atoms with Crippen molar-refractivity contribution in [2.75, 3.05) is 26.2 Å². The second kappa shape index (κ2) is 4.01. The highest BCUT2D eigenvalue weighted by atomic mass is 15.3. The van der Waals surface area contributed by atoms with Crippen molar-refractivity contribution in [3.63, 3.8) is 0 Å². The van der Waals surface area contributed by atoms with Crippen LogP contribution in [-0.2, 0) is 0 Å². The van der Waals surface area contributed by atoms with Crippen LogP contribution in [0.15, 0.2) is 0 Å². The van der Waals surface area contributed by atoms with E-state index in [1.807, 2.05) is 0 Å². The fraction of sp³-hybridized carbons (Fsp3) is 0.923. The zero-order valence-electron chi connectivity index (χ0n) is 9.99. The molecule has 0 aromatic rings. The molecule has 3 rings (SSSR count). The van der Waals surface area contributed by atoms with E-state index in [9.17, 15) is 5.26 Å². The molecule has 3 heteroatoms. The van der Waals surface area contributed by atoms with Crippen LogP contribution in [0.1, 0.15) is 38.5 Å². The second-order valence-corrected chi connectivity index (χ2v) is 5.62. The molecule has 3 aliphatic rings. The van der Waals surface area contributed by atoms with Gasteiger partial charge in [-0.1, -0.05) is 0 Å². The molecular formula is C13H21N3. The molecule has 0 N–H and O–H groups in total. The quantitative estimate of drug-likeness (QED) is 0.671. The van der Waals surface area contributed by atoms with Crippen molar-refractivity contribution >= 4 is 0 Å². The first-order valence-corrected chi connectivity index (χ1v) is 6.74. The maximum Gasteiger partial charge on any atom is 0.111 e. The number of fused-ring (bicyclic) bond motifs is 1. The van der Waals surface area contributed by atoms with Crippen LogP contribution in [0.4, 0.5) is 0 Å². The lowest BCUT2D eigenvalue weighted by atomic mass is 9.83. The molecule has 16 heavy (non-hydrogen) atoms. The summed E-state index contributed by atoms with van der Waals surface area (Å²) >= 11 is 0. The Kier molecular flexibility index (Phi) is 2.65. The Bertz CT molecular complexity index is 303. The van der Waals surface area contributed by atoms with E-state index in [0.29, 0.717) is 6.04 Å². The number of likely N-dealkylation sites (tertiary alicyclic amines) is 1. The first-order chi connectivity index (χ1) is 7.84. The summed E-state index contributed by atoms with van der Waals surface area (Å²) < 4.78 is 0. The Morgan fingerprint density at radius 1 is 1.06 bits per heavy atom.